The molecule has 0 spiro atoms. The van der Waals surface area contributed by atoms with Gasteiger partial charge in [0.05, 0.1) is 34.0 Å². The van der Waals surface area contributed by atoms with Gasteiger partial charge in [0.2, 0.25) is 0 Å². The minimum atomic E-state index is 0.869. The summed E-state index contributed by atoms with van der Waals surface area (Å²) in [6.07, 6.45) is 3.88. The zero-order valence-corrected chi connectivity index (χ0v) is 24.2. The molecular weight excluding hydrogens is 550 g/mol. The van der Waals surface area contributed by atoms with Crippen LogP contribution in [0, 0.1) is 0 Å². The van der Waals surface area contributed by atoms with Gasteiger partial charge in [-0.25, -0.2) is 0 Å². The first-order valence-electron chi connectivity index (χ1n) is 15.2. The summed E-state index contributed by atoms with van der Waals surface area (Å²) >= 11 is 0. The standard InChI is InChI=1S/C41H25N3O/c1-5-16-36-30(10-1)31-11-2-6-17-37(31)43(36)27-20-21-40-35(23-27)34-15-9-14-29(41(34)45-40)26-22-28(25-42-24-26)44-38-18-7-3-12-32(38)33-13-4-8-19-39(33)44/h1-25H. The number of hydrogen-bond donors (Lipinski definition) is 0. The van der Waals surface area contributed by atoms with Crippen molar-refractivity contribution in [3.05, 3.63) is 152 Å². The molecule has 45 heavy (non-hydrogen) atoms. The van der Waals surface area contributed by atoms with E-state index in [-0.39, 0.29) is 0 Å². The number of fused-ring (bicyclic) bond motifs is 9. The summed E-state index contributed by atoms with van der Waals surface area (Å²) in [5.41, 5.74) is 10.6. The lowest BCUT2D eigenvalue weighted by Crippen LogP contribution is -1.95. The molecule has 10 aromatic rings. The van der Waals surface area contributed by atoms with Crippen molar-refractivity contribution in [3.63, 3.8) is 0 Å². The lowest BCUT2D eigenvalue weighted by molar-refractivity contribution is 0.670. The highest BCUT2D eigenvalue weighted by Gasteiger charge is 2.17. The first-order chi connectivity index (χ1) is 22.3. The van der Waals surface area contributed by atoms with Crippen LogP contribution in [0.25, 0.3) is 88.1 Å². The van der Waals surface area contributed by atoms with Gasteiger partial charge < -0.3 is 13.6 Å². The van der Waals surface area contributed by atoms with Crippen LogP contribution in [-0.2, 0) is 0 Å². The van der Waals surface area contributed by atoms with Crippen molar-refractivity contribution in [2.75, 3.05) is 0 Å². The molecule has 0 aliphatic carbocycles. The van der Waals surface area contributed by atoms with Crippen LogP contribution in [0.2, 0.25) is 0 Å². The van der Waals surface area contributed by atoms with Crippen LogP contribution in [0.4, 0.5) is 0 Å². The van der Waals surface area contributed by atoms with Crippen LogP contribution in [-0.4, -0.2) is 14.1 Å². The second-order valence-electron chi connectivity index (χ2n) is 11.6. The normalized spacial score (nSPS) is 12.0. The third kappa shape index (κ3) is 3.45. The van der Waals surface area contributed by atoms with Crippen molar-refractivity contribution in [1.29, 1.82) is 0 Å². The third-order valence-corrected chi connectivity index (χ3v) is 9.19. The van der Waals surface area contributed by atoms with Gasteiger partial charge in [0, 0.05) is 55.3 Å². The van der Waals surface area contributed by atoms with Gasteiger partial charge in [-0.2, -0.15) is 0 Å². The van der Waals surface area contributed by atoms with Crippen molar-refractivity contribution in [2.24, 2.45) is 0 Å². The second kappa shape index (κ2) is 9.18. The number of pyridine rings is 1. The molecule has 10 rings (SSSR count). The minimum Gasteiger partial charge on any atom is -0.455 e. The molecule has 0 atom stereocenters. The Morgan fingerprint density at radius 3 is 1.56 bits per heavy atom. The Morgan fingerprint density at radius 2 is 0.956 bits per heavy atom. The van der Waals surface area contributed by atoms with E-state index in [1.54, 1.807) is 0 Å². The van der Waals surface area contributed by atoms with E-state index in [9.17, 15) is 0 Å². The number of aromatic nitrogens is 3. The van der Waals surface area contributed by atoms with Gasteiger partial charge in [0.25, 0.3) is 0 Å². The first kappa shape index (κ1) is 24.3. The molecule has 210 valence electrons. The van der Waals surface area contributed by atoms with Crippen molar-refractivity contribution in [1.82, 2.24) is 14.1 Å². The predicted molar refractivity (Wildman–Crippen MR) is 186 cm³/mol. The highest BCUT2D eigenvalue weighted by Crippen LogP contribution is 2.39. The van der Waals surface area contributed by atoms with Gasteiger partial charge in [0.15, 0.2) is 0 Å². The summed E-state index contributed by atoms with van der Waals surface area (Å²) in [5.74, 6) is 0. The van der Waals surface area contributed by atoms with Crippen molar-refractivity contribution in [2.45, 2.75) is 0 Å². The van der Waals surface area contributed by atoms with Gasteiger partial charge in [-0.15, -0.1) is 0 Å². The molecule has 4 heterocycles. The second-order valence-corrected chi connectivity index (χ2v) is 11.6. The Morgan fingerprint density at radius 1 is 0.422 bits per heavy atom. The average molecular weight is 576 g/mol. The maximum atomic E-state index is 6.61. The topological polar surface area (TPSA) is 35.9 Å². The molecule has 0 aliphatic rings. The fourth-order valence-electron chi connectivity index (χ4n) is 7.25. The lowest BCUT2D eigenvalue weighted by atomic mass is 10.0. The number of benzene rings is 6. The molecule has 0 saturated carbocycles. The molecule has 6 aromatic carbocycles. The largest absolute Gasteiger partial charge is 0.455 e. The van der Waals surface area contributed by atoms with E-state index >= 15 is 0 Å². The molecular formula is C41H25N3O. The van der Waals surface area contributed by atoms with Crippen LogP contribution in [0.5, 0.6) is 0 Å². The van der Waals surface area contributed by atoms with Crippen LogP contribution >= 0.6 is 0 Å². The number of rotatable bonds is 3. The maximum Gasteiger partial charge on any atom is 0.143 e. The summed E-state index contributed by atoms with van der Waals surface area (Å²) in [6.45, 7) is 0. The summed E-state index contributed by atoms with van der Waals surface area (Å²) < 4.78 is 11.3. The number of nitrogens with zero attached hydrogens (tertiary/aromatic N) is 3. The Labute approximate surface area is 258 Å². The lowest BCUT2D eigenvalue weighted by Gasteiger charge is -2.10. The van der Waals surface area contributed by atoms with E-state index in [0.29, 0.717) is 0 Å². The van der Waals surface area contributed by atoms with Crippen molar-refractivity contribution in [3.8, 4) is 22.5 Å². The van der Waals surface area contributed by atoms with Gasteiger partial charge in [0.1, 0.15) is 11.2 Å². The van der Waals surface area contributed by atoms with Gasteiger partial charge >= 0.3 is 0 Å². The Hall–Kier alpha value is -6.13. The van der Waals surface area contributed by atoms with Gasteiger partial charge in [-0.3, -0.25) is 4.98 Å². The molecule has 0 fully saturated rings. The average Bonchev–Trinajstić information content (AvgIpc) is 3.76. The predicted octanol–water partition coefficient (Wildman–Crippen LogP) is 10.8. The molecule has 0 bridgehead atoms. The molecule has 0 aliphatic heterocycles. The maximum absolute atomic E-state index is 6.61. The fraction of sp³-hybridized carbons (Fsp3) is 0. The molecule has 4 heteroatoms. The summed E-state index contributed by atoms with van der Waals surface area (Å²) in [7, 11) is 0. The van der Waals surface area contributed by atoms with E-state index in [1.807, 2.05) is 12.4 Å². The quantitative estimate of drug-likeness (QED) is 0.210. The first-order valence-corrected chi connectivity index (χ1v) is 15.2. The molecule has 0 saturated heterocycles. The molecule has 4 nitrogen and oxygen atoms in total. The zero-order chi connectivity index (χ0) is 29.5. The van der Waals surface area contributed by atoms with E-state index in [1.165, 1.54) is 32.6 Å². The number of para-hydroxylation sites is 5. The van der Waals surface area contributed by atoms with Gasteiger partial charge in [-0.05, 0) is 48.5 Å². The van der Waals surface area contributed by atoms with E-state index < -0.39 is 0 Å². The minimum absolute atomic E-state index is 0.869. The summed E-state index contributed by atoms with van der Waals surface area (Å²) in [4.78, 5) is 4.73. The fourth-order valence-corrected chi connectivity index (χ4v) is 7.25. The van der Waals surface area contributed by atoms with Crippen LogP contribution in [0.1, 0.15) is 0 Å². The Bertz CT molecular complexity index is 2670. The van der Waals surface area contributed by atoms with Crippen molar-refractivity contribution >= 4 is 65.6 Å². The SMILES string of the molecule is c1cc(-c2cncc(-n3c4ccccc4c4ccccc43)c2)c2oc3ccc(-n4c5ccccc5c5ccccc54)cc3c2c1. The van der Waals surface area contributed by atoms with Crippen LogP contribution < -0.4 is 0 Å². The third-order valence-electron chi connectivity index (χ3n) is 9.19. The zero-order valence-electron chi connectivity index (χ0n) is 24.2. The highest BCUT2D eigenvalue weighted by molar-refractivity contribution is 6.13. The highest BCUT2D eigenvalue weighted by atomic mass is 16.3. The molecule has 0 N–H and O–H groups in total. The molecule has 0 radical (unpaired) electrons. The van der Waals surface area contributed by atoms with E-state index in [2.05, 4.69) is 149 Å². The van der Waals surface area contributed by atoms with Gasteiger partial charge in [-0.1, -0.05) is 91.0 Å². The van der Waals surface area contributed by atoms with Crippen molar-refractivity contribution < 1.29 is 4.42 Å². The Kier molecular flexibility index (Phi) is 4.96. The number of furan rings is 1. The van der Waals surface area contributed by atoms with E-state index in [0.717, 1.165) is 55.5 Å². The summed E-state index contributed by atoms with van der Waals surface area (Å²) in [5, 5.41) is 7.16. The monoisotopic (exact) mass is 575 g/mol. The van der Waals surface area contributed by atoms with Crippen LogP contribution in [0.3, 0.4) is 0 Å². The van der Waals surface area contributed by atoms with Crippen LogP contribution in [0.15, 0.2) is 156 Å². The molecule has 0 amide bonds. The molecule has 0 unspecified atom stereocenters. The molecule has 4 aromatic heterocycles. The number of hydrogen-bond acceptors (Lipinski definition) is 2. The Balaban J connectivity index is 1.17. The summed E-state index contributed by atoms with van der Waals surface area (Å²) in [6, 6.07) is 49.5. The van der Waals surface area contributed by atoms with E-state index in [4.69, 9.17) is 9.40 Å². The smallest absolute Gasteiger partial charge is 0.143 e.